The highest BCUT2D eigenvalue weighted by atomic mass is 16.2. The number of anilines is 1. The largest absolute Gasteiger partial charge is 0.345 e. The van der Waals surface area contributed by atoms with E-state index in [0.29, 0.717) is 12.1 Å². The maximum Gasteiger partial charge on any atom is 0.321 e. The number of carbonyl (C=O) groups is 2. The molecule has 0 aliphatic rings. The molecular weight excluding hydrogens is 378 g/mol. The summed E-state index contributed by atoms with van der Waals surface area (Å²) in [5.74, 6) is 0.717. The lowest BCUT2D eigenvalue weighted by Gasteiger charge is -2.19. The average Bonchev–Trinajstić information content (AvgIpc) is 3.05. The van der Waals surface area contributed by atoms with E-state index in [1.807, 2.05) is 57.2 Å². The van der Waals surface area contributed by atoms with Crippen LogP contribution < -0.4 is 5.32 Å². The van der Waals surface area contributed by atoms with E-state index in [1.54, 1.807) is 30.9 Å². The SMILES string of the molecule is CCn1c(CN(C)C(=O)Nc2ccc(C)cc2C)nc2cc(C(=O)N(C)C)ccc21. The summed E-state index contributed by atoms with van der Waals surface area (Å²) in [6, 6.07) is 11.3. The second-order valence-electron chi connectivity index (χ2n) is 7.78. The van der Waals surface area contributed by atoms with Crippen LogP contribution in [0, 0.1) is 13.8 Å². The predicted molar refractivity (Wildman–Crippen MR) is 120 cm³/mol. The zero-order valence-corrected chi connectivity index (χ0v) is 18.5. The van der Waals surface area contributed by atoms with Crippen molar-refractivity contribution in [2.75, 3.05) is 26.5 Å². The summed E-state index contributed by atoms with van der Waals surface area (Å²) < 4.78 is 2.07. The molecule has 1 heterocycles. The summed E-state index contributed by atoms with van der Waals surface area (Å²) in [6.45, 7) is 7.12. The Morgan fingerprint density at radius 3 is 2.43 bits per heavy atom. The Labute approximate surface area is 177 Å². The van der Waals surface area contributed by atoms with Crippen LogP contribution in [0.3, 0.4) is 0 Å². The van der Waals surface area contributed by atoms with Gasteiger partial charge in [-0.1, -0.05) is 17.7 Å². The lowest BCUT2D eigenvalue weighted by atomic mass is 10.1. The smallest absolute Gasteiger partial charge is 0.321 e. The van der Waals surface area contributed by atoms with Crippen LogP contribution in [0.1, 0.15) is 34.2 Å². The van der Waals surface area contributed by atoms with Gasteiger partial charge < -0.3 is 19.7 Å². The van der Waals surface area contributed by atoms with Gasteiger partial charge >= 0.3 is 6.03 Å². The van der Waals surface area contributed by atoms with Crippen LogP contribution in [0.25, 0.3) is 11.0 Å². The molecule has 2 aromatic carbocycles. The molecule has 0 aliphatic heterocycles. The van der Waals surface area contributed by atoms with Crippen molar-refractivity contribution in [1.29, 1.82) is 0 Å². The van der Waals surface area contributed by atoms with Gasteiger partial charge in [-0.3, -0.25) is 4.79 Å². The molecule has 3 amide bonds. The molecule has 7 heteroatoms. The number of imidazole rings is 1. The molecule has 30 heavy (non-hydrogen) atoms. The zero-order chi connectivity index (χ0) is 22.0. The first kappa shape index (κ1) is 21.4. The zero-order valence-electron chi connectivity index (χ0n) is 18.5. The second-order valence-corrected chi connectivity index (χ2v) is 7.78. The molecule has 1 aromatic heterocycles. The molecule has 0 fully saturated rings. The molecule has 0 aliphatic carbocycles. The van der Waals surface area contributed by atoms with Crippen LogP contribution in [-0.2, 0) is 13.1 Å². The van der Waals surface area contributed by atoms with E-state index < -0.39 is 0 Å². The van der Waals surface area contributed by atoms with E-state index in [0.717, 1.165) is 40.2 Å². The first-order valence-corrected chi connectivity index (χ1v) is 10.0. The molecule has 1 N–H and O–H groups in total. The third kappa shape index (κ3) is 4.30. The van der Waals surface area contributed by atoms with Gasteiger partial charge in [0, 0.05) is 38.9 Å². The molecule has 158 valence electrons. The Morgan fingerprint density at radius 2 is 1.80 bits per heavy atom. The number of amides is 3. The Hall–Kier alpha value is -3.35. The van der Waals surface area contributed by atoms with Crippen molar-refractivity contribution in [2.45, 2.75) is 33.9 Å². The number of aryl methyl sites for hydroxylation is 3. The van der Waals surface area contributed by atoms with Gasteiger partial charge in [0.25, 0.3) is 5.91 Å². The Morgan fingerprint density at radius 1 is 1.07 bits per heavy atom. The lowest BCUT2D eigenvalue weighted by molar-refractivity contribution is 0.0827. The fourth-order valence-corrected chi connectivity index (χ4v) is 3.49. The first-order chi connectivity index (χ1) is 14.2. The van der Waals surface area contributed by atoms with E-state index in [4.69, 9.17) is 4.98 Å². The summed E-state index contributed by atoms with van der Waals surface area (Å²) in [5, 5.41) is 2.96. The first-order valence-electron chi connectivity index (χ1n) is 10.0. The van der Waals surface area contributed by atoms with Gasteiger partial charge in [-0.25, -0.2) is 9.78 Å². The van der Waals surface area contributed by atoms with Crippen LogP contribution in [0.2, 0.25) is 0 Å². The highest BCUT2D eigenvalue weighted by Crippen LogP contribution is 2.21. The Bertz CT molecular complexity index is 1100. The monoisotopic (exact) mass is 407 g/mol. The van der Waals surface area contributed by atoms with Crippen molar-refractivity contribution < 1.29 is 9.59 Å². The number of nitrogens with one attached hydrogen (secondary N) is 1. The molecule has 0 bridgehead atoms. The fourth-order valence-electron chi connectivity index (χ4n) is 3.49. The predicted octanol–water partition coefficient (Wildman–Crippen LogP) is 4.04. The van der Waals surface area contributed by atoms with Gasteiger partial charge in [0.2, 0.25) is 0 Å². The van der Waals surface area contributed by atoms with Crippen molar-refractivity contribution in [2.24, 2.45) is 0 Å². The molecule has 0 radical (unpaired) electrons. The quantitative estimate of drug-likeness (QED) is 0.694. The Kier molecular flexibility index (Phi) is 6.10. The third-order valence-electron chi connectivity index (χ3n) is 5.15. The summed E-state index contributed by atoms with van der Waals surface area (Å²) in [4.78, 5) is 32.9. The topological polar surface area (TPSA) is 70.5 Å². The van der Waals surface area contributed by atoms with Crippen LogP contribution in [0.15, 0.2) is 36.4 Å². The molecule has 0 unspecified atom stereocenters. The number of hydrogen-bond donors (Lipinski definition) is 1. The van der Waals surface area contributed by atoms with Gasteiger partial charge in [-0.05, 0) is 50.6 Å². The normalized spacial score (nSPS) is 10.9. The maximum absolute atomic E-state index is 12.7. The van der Waals surface area contributed by atoms with Crippen LogP contribution in [0.5, 0.6) is 0 Å². The number of carbonyl (C=O) groups excluding carboxylic acids is 2. The molecular formula is C23H29N5O2. The highest BCUT2D eigenvalue weighted by Gasteiger charge is 2.17. The van der Waals surface area contributed by atoms with Gasteiger partial charge in [0.15, 0.2) is 0 Å². The third-order valence-corrected chi connectivity index (χ3v) is 5.15. The number of fused-ring (bicyclic) bond motifs is 1. The van der Waals surface area contributed by atoms with Crippen LogP contribution in [0.4, 0.5) is 10.5 Å². The fraction of sp³-hybridized carbons (Fsp3) is 0.348. The van der Waals surface area contributed by atoms with Gasteiger partial charge in [-0.15, -0.1) is 0 Å². The molecule has 3 rings (SSSR count). The lowest BCUT2D eigenvalue weighted by Crippen LogP contribution is -2.32. The number of hydrogen-bond acceptors (Lipinski definition) is 3. The summed E-state index contributed by atoms with van der Waals surface area (Å²) in [6.07, 6.45) is 0. The number of urea groups is 1. The number of aromatic nitrogens is 2. The van der Waals surface area contributed by atoms with E-state index in [2.05, 4.69) is 9.88 Å². The van der Waals surface area contributed by atoms with Gasteiger partial charge in [0.1, 0.15) is 5.82 Å². The van der Waals surface area contributed by atoms with Crippen molar-refractivity contribution in [3.63, 3.8) is 0 Å². The number of benzene rings is 2. The average molecular weight is 408 g/mol. The molecule has 0 spiro atoms. The second kappa shape index (κ2) is 8.57. The molecule has 0 atom stereocenters. The van der Waals surface area contributed by atoms with E-state index in [-0.39, 0.29) is 11.9 Å². The van der Waals surface area contributed by atoms with Crippen LogP contribution >= 0.6 is 0 Å². The van der Waals surface area contributed by atoms with E-state index >= 15 is 0 Å². The van der Waals surface area contributed by atoms with E-state index in [1.165, 1.54) is 0 Å². The number of nitrogens with zero attached hydrogens (tertiary/aromatic N) is 4. The minimum absolute atomic E-state index is 0.0607. The summed E-state index contributed by atoms with van der Waals surface area (Å²) in [7, 11) is 5.21. The molecule has 3 aromatic rings. The van der Waals surface area contributed by atoms with Crippen molar-refractivity contribution in [1.82, 2.24) is 19.4 Å². The van der Waals surface area contributed by atoms with Crippen molar-refractivity contribution in [3.05, 3.63) is 58.9 Å². The maximum atomic E-state index is 12.7. The minimum atomic E-state index is -0.194. The van der Waals surface area contributed by atoms with Crippen LogP contribution in [-0.4, -0.2) is 52.4 Å². The van der Waals surface area contributed by atoms with Gasteiger partial charge in [0.05, 0.1) is 17.6 Å². The number of rotatable bonds is 5. The van der Waals surface area contributed by atoms with Crippen molar-refractivity contribution >= 4 is 28.7 Å². The van der Waals surface area contributed by atoms with Gasteiger partial charge in [-0.2, -0.15) is 0 Å². The minimum Gasteiger partial charge on any atom is -0.345 e. The molecule has 7 nitrogen and oxygen atoms in total. The molecule has 0 saturated carbocycles. The highest BCUT2D eigenvalue weighted by molar-refractivity contribution is 5.97. The molecule has 0 saturated heterocycles. The Balaban J connectivity index is 1.83. The summed E-state index contributed by atoms with van der Waals surface area (Å²) in [5.41, 5.74) is 5.28. The van der Waals surface area contributed by atoms with Crippen molar-refractivity contribution in [3.8, 4) is 0 Å². The summed E-state index contributed by atoms with van der Waals surface area (Å²) >= 11 is 0. The van der Waals surface area contributed by atoms with E-state index in [9.17, 15) is 9.59 Å². The standard InChI is InChI=1S/C23H29N5O2/c1-7-28-20-11-9-17(22(29)26(4)5)13-19(20)24-21(28)14-27(6)23(30)25-18-10-8-15(2)12-16(18)3/h8-13H,7,14H2,1-6H3,(H,25,30).